The molecule has 0 saturated carbocycles. The molecule has 16 heavy (non-hydrogen) atoms. The highest BCUT2D eigenvalue weighted by molar-refractivity contribution is 9.09. The summed E-state index contributed by atoms with van der Waals surface area (Å²) in [6, 6.07) is 8.31. The van der Waals surface area contributed by atoms with E-state index < -0.39 is 0 Å². The molecular formula is C14H21BrO. The zero-order valence-electron chi connectivity index (χ0n) is 10.6. The second-order valence-corrected chi connectivity index (χ2v) is 6.71. The van der Waals surface area contributed by atoms with Gasteiger partial charge in [0.05, 0.1) is 7.11 Å². The molecule has 2 heteroatoms. The van der Waals surface area contributed by atoms with Crippen LogP contribution < -0.4 is 4.74 Å². The molecule has 0 amide bonds. The number of hydrogen-bond acceptors (Lipinski definition) is 1. The summed E-state index contributed by atoms with van der Waals surface area (Å²) in [7, 11) is 1.70. The first kappa shape index (κ1) is 13.6. The van der Waals surface area contributed by atoms with Crippen LogP contribution in [0, 0.1) is 5.41 Å². The Bertz CT molecular complexity index is 311. The molecule has 0 aliphatic rings. The molecule has 0 aliphatic carbocycles. The fourth-order valence-corrected chi connectivity index (χ4v) is 3.10. The molecule has 1 rings (SSSR count). The molecule has 0 radical (unpaired) electrons. The van der Waals surface area contributed by atoms with Gasteiger partial charge >= 0.3 is 0 Å². The number of rotatable bonds is 4. The Balaban J connectivity index is 2.53. The molecule has 1 aromatic rings. The topological polar surface area (TPSA) is 9.23 Å². The van der Waals surface area contributed by atoms with Gasteiger partial charge in [-0.25, -0.2) is 0 Å². The van der Waals surface area contributed by atoms with Gasteiger partial charge in [-0.3, -0.25) is 0 Å². The van der Waals surface area contributed by atoms with E-state index in [4.69, 9.17) is 4.74 Å². The normalized spacial score (nSPS) is 13.6. The molecule has 0 spiro atoms. The molecule has 1 aromatic carbocycles. The predicted molar refractivity (Wildman–Crippen MR) is 73.5 cm³/mol. The van der Waals surface area contributed by atoms with Crippen molar-refractivity contribution >= 4 is 15.9 Å². The van der Waals surface area contributed by atoms with E-state index in [9.17, 15) is 0 Å². The first-order chi connectivity index (χ1) is 7.40. The van der Waals surface area contributed by atoms with Gasteiger partial charge in [-0.15, -0.1) is 0 Å². The van der Waals surface area contributed by atoms with Gasteiger partial charge in [-0.2, -0.15) is 0 Å². The van der Waals surface area contributed by atoms with Crippen molar-refractivity contribution in [2.45, 2.75) is 38.4 Å². The van der Waals surface area contributed by atoms with E-state index >= 15 is 0 Å². The summed E-state index contributed by atoms with van der Waals surface area (Å²) < 4.78 is 5.14. The molecule has 0 fully saturated rings. The maximum absolute atomic E-state index is 5.14. The van der Waals surface area contributed by atoms with Crippen LogP contribution >= 0.6 is 15.9 Å². The third-order valence-corrected chi connectivity index (χ3v) is 3.10. The van der Waals surface area contributed by atoms with Crippen molar-refractivity contribution in [1.29, 1.82) is 0 Å². The van der Waals surface area contributed by atoms with E-state index in [0.717, 1.165) is 12.2 Å². The van der Waals surface area contributed by atoms with Crippen molar-refractivity contribution in [3.05, 3.63) is 29.8 Å². The highest BCUT2D eigenvalue weighted by atomic mass is 79.9. The largest absolute Gasteiger partial charge is 0.497 e. The third-order valence-electron chi connectivity index (χ3n) is 2.45. The smallest absolute Gasteiger partial charge is 0.118 e. The van der Waals surface area contributed by atoms with Gasteiger partial charge in [0.25, 0.3) is 0 Å². The van der Waals surface area contributed by atoms with Crippen LogP contribution in [0.1, 0.15) is 32.8 Å². The second kappa shape index (κ2) is 5.72. The SMILES string of the molecule is COc1ccc(CC(Br)CC(C)(C)C)cc1. The summed E-state index contributed by atoms with van der Waals surface area (Å²) in [6.07, 6.45) is 2.25. The summed E-state index contributed by atoms with van der Waals surface area (Å²) in [6.45, 7) is 6.82. The summed E-state index contributed by atoms with van der Waals surface area (Å²) >= 11 is 3.75. The zero-order chi connectivity index (χ0) is 12.2. The van der Waals surface area contributed by atoms with Gasteiger partial charge in [0.1, 0.15) is 5.75 Å². The number of ether oxygens (including phenoxy) is 1. The van der Waals surface area contributed by atoms with Crippen LogP contribution in [0.15, 0.2) is 24.3 Å². The maximum atomic E-state index is 5.14. The Morgan fingerprint density at radius 2 is 1.75 bits per heavy atom. The van der Waals surface area contributed by atoms with Crippen LogP contribution in [0.3, 0.4) is 0 Å². The Kier molecular flexibility index (Phi) is 4.85. The molecule has 0 aromatic heterocycles. The van der Waals surface area contributed by atoms with E-state index in [2.05, 4.69) is 48.8 Å². The fourth-order valence-electron chi connectivity index (χ4n) is 1.75. The molecule has 0 N–H and O–H groups in total. The minimum absolute atomic E-state index is 0.376. The van der Waals surface area contributed by atoms with Crippen molar-refractivity contribution in [1.82, 2.24) is 0 Å². The van der Waals surface area contributed by atoms with Gasteiger partial charge in [-0.1, -0.05) is 48.8 Å². The van der Waals surface area contributed by atoms with Crippen molar-refractivity contribution in [3.8, 4) is 5.75 Å². The van der Waals surface area contributed by atoms with Crippen LogP contribution in [0.4, 0.5) is 0 Å². The quantitative estimate of drug-likeness (QED) is 0.743. The molecule has 1 nitrogen and oxygen atoms in total. The monoisotopic (exact) mass is 284 g/mol. The maximum Gasteiger partial charge on any atom is 0.118 e. The molecule has 0 aliphatic heterocycles. The first-order valence-electron chi connectivity index (χ1n) is 5.68. The standard InChI is InChI=1S/C14H21BrO/c1-14(2,3)10-12(15)9-11-5-7-13(16-4)8-6-11/h5-8,12H,9-10H2,1-4H3. The zero-order valence-corrected chi connectivity index (χ0v) is 12.2. The van der Waals surface area contributed by atoms with E-state index in [0.29, 0.717) is 10.2 Å². The number of alkyl halides is 1. The van der Waals surface area contributed by atoms with Crippen LogP contribution in [0.5, 0.6) is 5.75 Å². The van der Waals surface area contributed by atoms with Crippen molar-refractivity contribution in [3.63, 3.8) is 0 Å². The lowest BCUT2D eigenvalue weighted by Crippen LogP contribution is -2.14. The predicted octanol–water partition coefficient (Wildman–Crippen LogP) is 4.44. The lowest BCUT2D eigenvalue weighted by molar-refractivity contribution is 0.373. The molecule has 0 heterocycles. The molecule has 0 saturated heterocycles. The lowest BCUT2D eigenvalue weighted by Gasteiger charge is -2.22. The third kappa shape index (κ3) is 5.02. The molecule has 0 bridgehead atoms. The number of hydrogen-bond donors (Lipinski definition) is 0. The van der Waals surface area contributed by atoms with Crippen LogP contribution in [0.25, 0.3) is 0 Å². The van der Waals surface area contributed by atoms with Gasteiger partial charge in [0.15, 0.2) is 0 Å². The van der Waals surface area contributed by atoms with E-state index in [1.54, 1.807) is 7.11 Å². The minimum Gasteiger partial charge on any atom is -0.497 e. The molecule has 1 unspecified atom stereocenters. The average Bonchev–Trinajstić information content (AvgIpc) is 2.16. The van der Waals surface area contributed by atoms with Crippen LogP contribution in [-0.2, 0) is 6.42 Å². The summed E-state index contributed by atoms with van der Waals surface area (Å²) in [5, 5.41) is 0. The number of halogens is 1. The fraction of sp³-hybridized carbons (Fsp3) is 0.571. The van der Waals surface area contributed by atoms with Crippen molar-refractivity contribution in [2.24, 2.45) is 5.41 Å². The van der Waals surface area contributed by atoms with E-state index in [-0.39, 0.29) is 0 Å². The summed E-state index contributed by atoms with van der Waals surface area (Å²) in [5.74, 6) is 0.922. The highest BCUT2D eigenvalue weighted by Crippen LogP contribution is 2.27. The Morgan fingerprint density at radius 1 is 1.19 bits per heavy atom. The molecular weight excluding hydrogens is 264 g/mol. The average molecular weight is 285 g/mol. The van der Waals surface area contributed by atoms with Gasteiger partial charge in [-0.05, 0) is 36.0 Å². The Labute approximate surface area is 107 Å². The summed E-state index contributed by atoms with van der Waals surface area (Å²) in [4.78, 5) is 0.542. The van der Waals surface area contributed by atoms with Gasteiger partial charge in [0.2, 0.25) is 0 Å². The molecule has 1 atom stereocenters. The van der Waals surface area contributed by atoms with E-state index in [1.807, 2.05) is 12.1 Å². The second-order valence-electron chi connectivity index (χ2n) is 5.41. The Hall–Kier alpha value is -0.500. The van der Waals surface area contributed by atoms with Gasteiger partial charge < -0.3 is 4.74 Å². The number of methoxy groups -OCH3 is 1. The Morgan fingerprint density at radius 3 is 2.19 bits per heavy atom. The van der Waals surface area contributed by atoms with Crippen LogP contribution in [-0.4, -0.2) is 11.9 Å². The molecule has 90 valence electrons. The summed E-state index contributed by atoms with van der Waals surface area (Å²) in [5.41, 5.74) is 1.73. The van der Waals surface area contributed by atoms with Crippen molar-refractivity contribution < 1.29 is 4.74 Å². The highest BCUT2D eigenvalue weighted by Gasteiger charge is 2.16. The van der Waals surface area contributed by atoms with Crippen molar-refractivity contribution in [2.75, 3.05) is 7.11 Å². The number of benzene rings is 1. The lowest BCUT2D eigenvalue weighted by atomic mass is 9.89. The van der Waals surface area contributed by atoms with Crippen LogP contribution in [0.2, 0.25) is 0 Å². The van der Waals surface area contributed by atoms with Gasteiger partial charge in [0, 0.05) is 4.83 Å². The minimum atomic E-state index is 0.376. The first-order valence-corrected chi connectivity index (χ1v) is 6.59. The van der Waals surface area contributed by atoms with E-state index in [1.165, 1.54) is 12.0 Å².